The minimum Gasteiger partial charge on any atom is -0.298 e. The van der Waals surface area contributed by atoms with Crippen LogP contribution in [0.3, 0.4) is 0 Å². The molecule has 1 heteroatoms. The summed E-state index contributed by atoms with van der Waals surface area (Å²) in [4.78, 5) is 10.7. The fraction of sp³-hybridized carbons (Fsp3) is 0.308. The lowest BCUT2D eigenvalue weighted by atomic mass is 9.90. The Bertz CT molecular complexity index is 351. The van der Waals surface area contributed by atoms with E-state index in [1.165, 1.54) is 5.56 Å². The fourth-order valence-corrected chi connectivity index (χ4v) is 2.15. The van der Waals surface area contributed by atoms with Gasteiger partial charge in [0.1, 0.15) is 6.29 Å². The van der Waals surface area contributed by atoms with Gasteiger partial charge in [0.15, 0.2) is 0 Å². The van der Waals surface area contributed by atoms with Crippen LogP contribution in [0, 0.1) is 5.92 Å². The lowest BCUT2D eigenvalue weighted by Crippen LogP contribution is -2.01. The van der Waals surface area contributed by atoms with Crippen molar-refractivity contribution in [1.82, 2.24) is 0 Å². The molecule has 1 aromatic carbocycles. The summed E-state index contributed by atoms with van der Waals surface area (Å²) in [6, 6.07) is 10.4. The van der Waals surface area contributed by atoms with Gasteiger partial charge in [-0.2, -0.15) is 0 Å². The Morgan fingerprint density at radius 2 is 2.00 bits per heavy atom. The number of benzene rings is 1. The predicted molar refractivity (Wildman–Crippen MR) is 57.1 cm³/mol. The number of carbonyl (C=O) groups excluding carboxylic acids is 1. The summed E-state index contributed by atoms with van der Waals surface area (Å²) in [6.45, 7) is 2.20. The minimum absolute atomic E-state index is 0.427. The Morgan fingerprint density at radius 1 is 1.29 bits per heavy atom. The van der Waals surface area contributed by atoms with E-state index in [0.29, 0.717) is 11.8 Å². The molecule has 0 N–H and O–H groups in total. The van der Waals surface area contributed by atoms with Crippen LogP contribution >= 0.6 is 0 Å². The maximum Gasteiger partial charge on any atom is 0.145 e. The molecule has 1 aromatic rings. The number of aldehydes is 1. The molecule has 1 nitrogen and oxygen atoms in total. The third kappa shape index (κ3) is 1.63. The van der Waals surface area contributed by atoms with E-state index in [4.69, 9.17) is 0 Å². The predicted octanol–water partition coefficient (Wildman–Crippen LogP) is 2.94. The van der Waals surface area contributed by atoms with Crippen LogP contribution in [-0.4, -0.2) is 6.29 Å². The van der Waals surface area contributed by atoms with Crippen LogP contribution in [0.4, 0.5) is 0 Å². The van der Waals surface area contributed by atoms with Crippen molar-refractivity contribution in [1.29, 1.82) is 0 Å². The van der Waals surface area contributed by atoms with Gasteiger partial charge in [0.25, 0.3) is 0 Å². The van der Waals surface area contributed by atoms with E-state index < -0.39 is 0 Å². The van der Waals surface area contributed by atoms with E-state index in [-0.39, 0.29) is 0 Å². The number of hydrogen-bond acceptors (Lipinski definition) is 1. The first-order valence-corrected chi connectivity index (χ1v) is 5.02. The average Bonchev–Trinajstić information content (AvgIpc) is 2.61. The summed E-state index contributed by atoms with van der Waals surface area (Å²) in [5.41, 5.74) is 2.27. The second-order valence-electron chi connectivity index (χ2n) is 3.98. The van der Waals surface area contributed by atoms with E-state index in [1.807, 2.05) is 6.07 Å². The topological polar surface area (TPSA) is 17.1 Å². The molecule has 72 valence electrons. The molecule has 1 aliphatic carbocycles. The zero-order valence-electron chi connectivity index (χ0n) is 8.31. The smallest absolute Gasteiger partial charge is 0.145 e. The maximum atomic E-state index is 10.7. The molecule has 0 aromatic heterocycles. The monoisotopic (exact) mass is 186 g/mol. The molecule has 0 heterocycles. The van der Waals surface area contributed by atoms with Gasteiger partial charge in [0, 0.05) is 5.92 Å². The molecule has 0 unspecified atom stereocenters. The van der Waals surface area contributed by atoms with Crippen molar-refractivity contribution < 1.29 is 4.79 Å². The number of allylic oxidation sites excluding steroid dienone is 2. The van der Waals surface area contributed by atoms with Crippen LogP contribution in [0.1, 0.15) is 24.8 Å². The molecular weight excluding hydrogens is 172 g/mol. The van der Waals surface area contributed by atoms with Gasteiger partial charge in [-0.05, 0) is 23.5 Å². The number of carbonyl (C=O) groups is 1. The molecule has 0 bridgehead atoms. The van der Waals surface area contributed by atoms with Crippen LogP contribution in [-0.2, 0) is 4.79 Å². The van der Waals surface area contributed by atoms with Crippen molar-refractivity contribution in [3.63, 3.8) is 0 Å². The summed E-state index contributed by atoms with van der Waals surface area (Å²) < 4.78 is 0. The molecule has 0 saturated carbocycles. The third-order valence-corrected chi connectivity index (χ3v) is 2.90. The summed E-state index contributed by atoms with van der Waals surface area (Å²) in [5, 5.41) is 0. The maximum absolute atomic E-state index is 10.7. The molecule has 2 rings (SSSR count). The molecule has 0 spiro atoms. The van der Waals surface area contributed by atoms with Gasteiger partial charge in [-0.1, -0.05) is 43.3 Å². The highest BCUT2D eigenvalue weighted by atomic mass is 16.1. The second-order valence-corrected chi connectivity index (χ2v) is 3.98. The van der Waals surface area contributed by atoms with E-state index in [1.54, 1.807) is 0 Å². The van der Waals surface area contributed by atoms with Crippen LogP contribution < -0.4 is 0 Å². The number of hydrogen-bond donors (Lipinski definition) is 0. The minimum atomic E-state index is 0.427. The Morgan fingerprint density at radius 3 is 2.57 bits per heavy atom. The molecule has 0 aliphatic heterocycles. The Labute approximate surface area is 84.5 Å². The summed E-state index contributed by atoms with van der Waals surface area (Å²) in [7, 11) is 0. The molecule has 14 heavy (non-hydrogen) atoms. The van der Waals surface area contributed by atoms with Crippen molar-refractivity contribution in [3.8, 4) is 0 Å². The van der Waals surface area contributed by atoms with Gasteiger partial charge in [0.2, 0.25) is 0 Å². The molecule has 0 amide bonds. The highest BCUT2D eigenvalue weighted by Crippen LogP contribution is 2.36. The third-order valence-electron chi connectivity index (χ3n) is 2.90. The zero-order valence-corrected chi connectivity index (χ0v) is 8.31. The molecule has 0 radical (unpaired) electrons. The molecule has 1 aliphatic rings. The van der Waals surface area contributed by atoms with Crippen molar-refractivity contribution in [2.24, 2.45) is 5.92 Å². The Kier molecular flexibility index (Phi) is 2.49. The molecular formula is C13H14O. The zero-order chi connectivity index (χ0) is 9.97. The Hall–Kier alpha value is -1.37. The standard InChI is InChI=1S/C13H14O/c1-10-7-11(9-14)8-13(10)12-5-3-2-4-6-12/h2-6,8-10,13H,7H2,1H3/t10-,13+/m1/s1. The first kappa shape index (κ1) is 9.20. The van der Waals surface area contributed by atoms with Crippen LogP contribution in [0.2, 0.25) is 0 Å². The lowest BCUT2D eigenvalue weighted by Gasteiger charge is -2.14. The second kappa shape index (κ2) is 3.79. The van der Waals surface area contributed by atoms with Gasteiger partial charge in [0.05, 0.1) is 0 Å². The van der Waals surface area contributed by atoms with E-state index in [0.717, 1.165) is 18.3 Å². The normalized spacial score (nSPS) is 25.9. The van der Waals surface area contributed by atoms with Gasteiger partial charge in [-0.25, -0.2) is 0 Å². The van der Waals surface area contributed by atoms with Gasteiger partial charge < -0.3 is 0 Å². The number of rotatable bonds is 2. The van der Waals surface area contributed by atoms with E-state index >= 15 is 0 Å². The SMILES string of the molecule is C[C@@H]1CC(C=O)=C[C@@H]1c1ccccc1. The van der Waals surface area contributed by atoms with Crippen molar-refractivity contribution >= 4 is 6.29 Å². The lowest BCUT2D eigenvalue weighted by molar-refractivity contribution is -0.105. The van der Waals surface area contributed by atoms with Gasteiger partial charge >= 0.3 is 0 Å². The quantitative estimate of drug-likeness (QED) is 0.649. The largest absolute Gasteiger partial charge is 0.298 e. The van der Waals surface area contributed by atoms with Crippen LogP contribution in [0.5, 0.6) is 0 Å². The van der Waals surface area contributed by atoms with Crippen molar-refractivity contribution in [2.45, 2.75) is 19.3 Å². The summed E-state index contributed by atoms with van der Waals surface area (Å²) in [6.07, 6.45) is 4.01. The first-order valence-electron chi connectivity index (χ1n) is 5.02. The highest BCUT2D eigenvalue weighted by molar-refractivity contribution is 5.74. The van der Waals surface area contributed by atoms with Gasteiger partial charge in [-0.15, -0.1) is 0 Å². The fourth-order valence-electron chi connectivity index (χ4n) is 2.15. The van der Waals surface area contributed by atoms with E-state index in [2.05, 4.69) is 37.3 Å². The van der Waals surface area contributed by atoms with Gasteiger partial charge in [-0.3, -0.25) is 4.79 Å². The van der Waals surface area contributed by atoms with Crippen molar-refractivity contribution in [2.75, 3.05) is 0 Å². The summed E-state index contributed by atoms with van der Waals surface area (Å²) >= 11 is 0. The molecule has 0 fully saturated rings. The summed E-state index contributed by atoms with van der Waals surface area (Å²) in [5.74, 6) is 0.981. The van der Waals surface area contributed by atoms with Crippen LogP contribution in [0.15, 0.2) is 42.0 Å². The molecule has 0 saturated heterocycles. The first-order chi connectivity index (χ1) is 6.81. The van der Waals surface area contributed by atoms with Crippen LogP contribution in [0.25, 0.3) is 0 Å². The molecule has 2 atom stereocenters. The van der Waals surface area contributed by atoms with E-state index in [9.17, 15) is 4.79 Å². The highest BCUT2D eigenvalue weighted by Gasteiger charge is 2.24. The average molecular weight is 186 g/mol. The van der Waals surface area contributed by atoms with Crippen molar-refractivity contribution in [3.05, 3.63) is 47.5 Å². The Balaban J connectivity index is 2.28.